The van der Waals surface area contributed by atoms with Gasteiger partial charge >= 0.3 is 0 Å². The summed E-state index contributed by atoms with van der Waals surface area (Å²) in [4.78, 5) is 0. The van der Waals surface area contributed by atoms with Crippen LogP contribution < -0.4 is 5.32 Å². The van der Waals surface area contributed by atoms with Crippen molar-refractivity contribution in [2.45, 2.75) is 69.9 Å². The zero-order chi connectivity index (χ0) is 13.1. The quantitative estimate of drug-likeness (QED) is 0.826. The first kappa shape index (κ1) is 15.0. The van der Waals surface area contributed by atoms with Crippen molar-refractivity contribution in [3.8, 4) is 0 Å². The zero-order valence-electron chi connectivity index (χ0n) is 11.6. The van der Waals surface area contributed by atoms with Gasteiger partial charge in [0.05, 0.1) is 10.5 Å². The molecule has 1 N–H and O–H groups in total. The minimum atomic E-state index is -2.97. The summed E-state index contributed by atoms with van der Waals surface area (Å²) in [6.07, 6.45) is 4.02. The summed E-state index contributed by atoms with van der Waals surface area (Å²) < 4.78 is 24.7. The van der Waals surface area contributed by atoms with E-state index in [-0.39, 0.29) is 16.5 Å². The fourth-order valence-electron chi connectivity index (χ4n) is 2.60. The number of nitrogens with one attached hydrogen (secondary N) is 1. The fraction of sp³-hybridized carbons (Fsp3) is 1.00. The average molecular weight is 261 g/mol. The van der Waals surface area contributed by atoms with Gasteiger partial charge < -0.3 is 5.32 Å². The van der Waals surface area contributed by atoms with Crippen molar-refractivity contribution in [2.24, 2.45) is 5.92 Å². The average Bonchev–Trinajstić information content (AvgIpc) is 2.27. The molecular formula is C13H27NO2S. The van der Waals surface area contributed by atoms with Gasteiger partial charge in [-0.05, 0) is 52.0 Å². The van der Waals surface area contributed by atoms with Crippen molar-refractivity contribution in [3.05, 3.63) is 0 Å². The standard InChI is InChI=1S/C13H27NO2S/c1-5-8-14-12-7-6-11(4)9-13(12)17(15,16)10(2)3/h10-14H,5-9H2,1-4H3. The highest BCUT2D eigenvalue weighted by Gasteiger charge is 2.38. The molecule has 0 spiro atoms. The van der Waals surface area contributed by atoms with Crippen molar-refractivity contribution in [1.82, 2.24) is 5.32 Å². The number of hydrogen-bond acceptors (Lipinski definition) is 3. The van der Waals surface area contributed by atoms with E-state index in [0.29, 0.717) is 5.92 Å². The molecule has 17 heavy (non-hydrogen) atoms. The molecule has 4 heteroatoms. The third kappa shape index (κ3) is 3.68. The van der Waals surface area contributed by atoms with E-state index in [0.717, 1.165) is 32.2 Å². The molecule has 0 radical (unpaired) electrons. The molecule has 0 aromatic heterocycles. The minimum absolute atomic E-state index is 0.165. The Balaban J connectivity index is 2.81. The number of sulfone groups is 1. The SMILES string of the molecule is CCCNC1CCC(C)CC1S(=O)(=O)C(C)C. The Kier molecular flexibility index (Phi) is 5.45. The van der Waals surface area contributed by atoms with Crippen LogP contribution in [0.4, 0.5) is 0 Å². The smallest absolute Gasteiger partial charge is 0.157 e. The summed E-state index contributed by atoms with van der Waals surface area (Å²) >= 11 is 0. The van der Waals surface area contributed by atoms with Crippen LogP contribution in [0.5, 0.6) is 0 Å². The maximum Gasteiger partial charge on any atom is 0.157 e. The van der Waals surface area contributed by atoms with Crippen LogP contribution in [0.2, 0.25) is 0 Å². The second-order valence-corrected chi connectivity index (χ2v) is 8.38. The maximum atomic E-state index is 12.4. The highest BCUT2D eigenvalue weighted by molar-refractivity contribution is 7.92. The number of rotatable bonds is 5. The van der Waals surface area contributed by atoms with Crippen LogP contribution in [0, 0.1) is 5.92 Å². The molecule has 0 bridgehead atoms. The lowest BCUT2D eigenvalue weighted by atomic mass is 9.87. The Morgan fingerprint density at radius 2 is 1.94 bits per heavy atom. The Labute approximate surface area is 106 Å². The highest BCUT2D eigenvalue weighted by atomic mass is 32.2. The summed E-state index contributed by atoms with van der Waals surface area (Å²) in [6.45, 7) is 8.80. The molecule has 0 aromatic rings. The molecule has 0 saturated heterocycles. The maximum absolute atomic E-state index is 12.4. The predicted octanol–water partition coefficient (Wildman–Crippen LogP) is 2.37. The van der Waals surface area contributed by atoms with E-state index in [1.807, 2.05) is 0 Å². The molecular weight excluding hydrogens is 234 g/mol. The van der Waals surface area contributed by atoms with E-state index in [2.05, 4.69) is 19.2 Å². The summed E-state index contributed by atoms with van der Waals surface area (Å²) in [6, 6.07) is 0.165. The van der Waals surface area contributed by atoms with E-state index in [9.17, 15) is 8.42 Å². The van der Waals surface area contributed by atoms with Crippen LogP contribution in [-0.4, -0.2) is 31.5 Å². The molecule has 1 rings (SSSR count). The lowest BCUT2D eigenvalue weighted by molar-refractivity contribution is 0.307. The molecule has 3 atom stereocenters. The monoisotopic (exact) mass is 261 g/mol. The van der Waals surface area contributed by atoms with Crippen molar-refractivity contribution in [1.29, 1.82) is 0 Å². The van der Waals surface area contributed by atoms with Gasteiger partial charge in [0.15, 0.2) is 9.84 Å². The summed E-state index contributed by atoms with van der Waals surface area (Å²) in [5.41, 5.74) is 0. The van der Waals surface area contributed by atoms with Crippen LogP contribution in [0.3, 0.4) is 0 Å². The third-order valence-electron chi connectivity index (χ3n) is 3.79. The van der Waals surface area contributed by atoms with E-state index < -0.39 is 9.84 Å². The number of hydrogen-bond donors (Lipinski definition) is 1. The summed E-state index contributed by atoms with van der Waals surface area (Å²) in [5, 5.41) is 2.98. The lowest BCUT2D eigenvalue weighted by Gasteiger charge is -2.36. The zero-order valence-corrected chi connectivity index (χ0v) is 12.4. The van der Waals surface area contributed by atoms with Crippen molar-refractivity contribution < 1.29 is 8.42 Å². The first-order valence-electron chi connectivity index (χ1n) is 6.85. The van der Waals surface area contributed by atoms with Gasteiger partial charge in [-0.2, -0.15) is 0 Å². The first-order valence-corrected chi connectivity index (χ1v) is 8.46. The molecule has 3 nitrogen and oxygen atoms in total. The highest BCUT2D eigenvalue weighted by Crippen LogP contribution is 2.30. The van der Waals surface area contributed by atoms with Crippen LogP contribution in [0.15, 0.2) is 0 Å². The molecule has 0 heterocycles. The Morgan fingerprint density at radius 1 is 1.29 bits per heavy atom. The van der Waals surface area contributed by atoms with Crippen LogP contribution >= 0.6 is 0 Å². The molecule has 1 saturated carbocycles. The van der Waals surface area contributed by atoms with Gasteiger partial charge in [-0.15, -0.1) is 0 Å². The summed E-state index contributed by atoms with van der Waals surface area (Å²) in [7, 11) is -2.97. The topological polar surface area (TPSA) is 46.2 Å². The molecule has 1 aliphatic carbocycles. The van der Waals surface area contributed by atoms with E-state index in [4.69, 9.17) is 0 Å². The Hall–Kier alpha value is -0.0900. The van der Waals surface area contributed by atoms with Gasteiger partial charge in [-0.1, -0.05) is 13.8 Å². The van der Waals surface area contributed by atoms with Crippen molar-refractivity contribution >= 4 is 9.84 Å². The van der Waals surface area contributed by atoms with Gasteiger partial charge in [0, 0.05) is 6.04 Å². The van der Waals surface area contributed by atoms with Crippen LogP contribution in [0.25, 0.3) is 0 Å². The summed E-state index contributed by atoms with van der Waals surface area (Å²) in [5.74, 6) is 0.535. The van der Waals surface area contributed by atoms with Gasteiger partial charge in [0.2, 0.25) is 0 Å². The molecule has 0 amide bonds. The van der Waals surface area contributed by atoms with E-state index in [1.54, 1.807) is 13.8 Å². The van der Waals surface area contributed by atoms with Gasteiger partial charge in [-0.3, -0.25) is 0 Å². The second-order valence-electron chi connectivity index (χ2n) is 5.66. The first-order chi connectivity index (χ1) is 7.89. The molecule has 102 valence electrons. The van der Waals surface area contributed by atoms with E-state index >= 15 is 0 Å². The minimum Gasteiger partial charge on any atom is -0.313 e. The van der Waals surface area contributed by atoms with Gasteiger partial charge in [-0.25, -0.2) is 8.42 Å². The normalized spacial score (nSPS) is 30.8. The molecule has 1 fully saturated rings. The lowest BCUT2D eigenvalue weighted by Crippen LogP contribution is -2.49. The van der Waals surface area contributed by atoms with E-state index in [1.165, 1.54) is 0 Å². The van der Waals surface area contributed by atoms with Gasteiger partial charge in [0.25, 0.3) is 0 Å². The molecule has 1 aliphatic rings. The Bertz CT molecular complexity index is 322. The van der Waals surface area contributed by atoms with Crippen LogP contribution in [0.1, 0.15) is 53.4 Å². The largest absolute Gasteiger partial charge is 0.313 e. The molecule has 3 unspecified atom stereocenters. The second kappa shape index (κ2) is 6.19. The third-order valence-corrected chi connectivity index (χ3v) is 6.47. The predicted molar refractivity (Wildman–Crippen MR) is 72.9 cm³/mol. The Morgan fingerprint density at radius 3 is 2.47 bits per heavy atom. The molecule has 0 aliphatic heterocycles. The molecule has 0 aromatic carbocycles. The van der Waals surface area contributed by atoms with Crippen molar-refractivity contribution in [3.63, 3.8) is 0 Å². The van der Waals surface area contributed by atoms with Gasteiger partial charge in [0.1, 0.15) is 0 Å². The fourth-order valence-corrected chi connectivity index (χ4v) is 4.59. The van der Waals surface area contributed by atoms with Crippen molar-refractivity contribution in [2.75, 3.05) is 6.54 Å². The van der Waals surface area contributed by atoms with Crippen LogP contribution in [-0.2, 0) is 9.84 Å².